The maximum atomic E-state index is 12.8. The van der Waals surface area contributed by atoms with E-state index >= 15 is 0 Å². The summed E-state index contributed by atoms with van der Waals surface area (Å²) >= 11 is 0. The van der Waals surface area contributed by atoms with E-state index in [-0.39, 0.29) is 5.69 Å². The normalized spacial score (nSPS) is 11.7. The first-order valence-corrected chi connectivity index (χ1v) is 5.90. The maximum absolute atomic E-state index is 12.8. The second-order valence-electron chi connectivity index (χ2n) is 4.53. The second kappa shape index (κ2) is 4.80. The van der Waals surface area contributed by atoms with Crippen LogP contribution in [0.5, 0.6) is 0 Å². The van der Waals surface area contributed by atoms with Gasteiger partial charge in [0.2, 0.25) is 0 Å². The fourth-order valence-electron chi connectivity index (χ4n) is 2.00. The third-order valence-electron chi connectivity index (χ3n) is 3.20. The van der Waals surface area contributed by atoms with E-state index in [9.17, 15) is 22.8 Å². The Morgan fingerprint density at radius 2 is 1.81 bits per heavy atom. The Morgan fingerprint density at radius 1 is 1.19 bits per heavy atom. The molecule has 0 saturated carbocycles. The van der Waals surface area contributed by atoms with Crippen LogP contribution < -0.4 is 17.0 Å². The monoisotopic (exact) mass is 299 g/mol. The van der Waals surface area contributed by atoms with Gasteiger partial charge in [-0.3, -0.25) is 9.36 Å². The van der Waals surface area contributed by atoms with Crippen molar-refractivity contribution in [2.24, 2.45) is 7.05 Å². The molecular weight excluding hydrogens is 287 g/mol. The van der Waals surface area contributed by atoms with Gasteiger partial charge in [0.05, 0.1) is 5.69 Å². The largest absolute Gasteiger partial charge is 0.431 e. The molecule has 0 aliphatic carbocycles. The topological polar surface area (TPSA) is 70.0 Å². The molecule has 1 heterocycles. The van der Waals surface area contributed by atoms with E-state index < -0.39 is 23.1 Å². The molecule has 5 nitrogen and oxygen atoms in total. The van der Waals surface area contributed by atoms with Gasteiger partial charge in [-0.25, -0.2) is 9.36 Å². The van der Waals surface area contributed by atoms with Crippen LogP contribution in [0.15, 0.2) is 33.9 Å². The summed E-state index contributed by atoms with van der Waals surface area (Å²) in [6.07, 6.45) is -4.78. The van der Waals surface area contributed by atoms with Crippen molar-refractivity contribution in [1.29, 1.82) is 0 Å². The van der Waals surface area contributed by atoms with Gasteiger partial charge in [0.25, 0.3) is 5.56 Å². The number of benzene rings is 1. The van der Waals surface area contributed by atoms with Gasteiger partial charge in [-0.05, 0) is 24.6 Å². The fourth-order valence-corrected chi connectivity index (χ4v) is 2.00. The molecule has 0 aliphatic heterocycles. The molecule has 2 aromatic rings. The summed E-state index contributed by atoms with van der Waals surface area (Å²) in [6, 6.07) is 4.92. The number of hydrogen-bond donors (Lipinski definition) is 1. The zero-order valence-corrected chi connectivity index (χ0v) is 11.2. The lowest BCUT2D eigenvalue weighted by Crippen LogP contribution is -2.41. The van der Waals surface area contributed by atoms with Gasteiger partial charge in [0.1, 0.15) is 5.69 Å². The molecule has 1 aromatic carbocycles. The molecule has 0 saturated heterocycles. The lowest BCUT2D eigenvalue weighted by atomic mass is 10.1. The predicted octanol–water partition coefficient (Wildman–Crippen LogP) is 1.45. The lowest BCUT2D eigenvalue weighted by Gasteiger charge is -2.15. The molecule has 0 amide bonds. The van der Waals surface area contributed by atoms with Crippen LogP contribution in [-0.4, -0.2) is 9.13 Å². The summed E-state index contributed by atoms with van der Waals surface area (Å²) in [5, 5.41) is 0. The second-order valence-corrected chi connectivity index (χ2v) is 4.53. The molecule has 0 fully saturated rings. The first-order chi connectivity index (χ1) is 9.64. The molecule has 0 atom stereocenters. The minimum atomic E-state index is -4.78. The highest BCUT2D eigenvalue weighted by atomic mass is 19.4. The van der Waals surface area contributed by atoms with Crippen molar-refractivity contribution in [3.63, 3.8) is 0 Å². The number of alkyl halides is 3. The van der Waals surface area contributed by atoms with Gasteiger partial charge >= 0.3 is 11.9 Å². The van der Waals surface area contributed by atoms with Crippen LogP contribution in [0.1, 0.15) is 11.3 Å². The first kappa shape index (κ1) is 14.9. The molecule has 0 radical (unpaired) electrons. The molecule has 0 unspecified atom stereocenters. The smallest absolute Gasteiger partial charge is 0.398 e. The number of aromatic nitrogens is 2. The van der Waals surface area contributed by atoms with E-state index in [4.69, 9.17) is 5.73 Å². The standard InChI is InChI=1S/C13H12F3N3O2/c1-7-8(17)4-3-5-9(7)19-11(20)6-10(13(14,15)16)18(2)12(19)21/h3-6H,17H2,1-2H3. The van der Waals surface area contributed by atoms with Gasteiger partial charge in [-0.2, -0.15) is 13.2 Å². The van der Waals surface area contributed by atoms with Gasteiger partial charge in [-0.1, -0.05) is 6.07 Å². The van der Waals surface area contributed by atoms with Crippen molar-refractivity contribution in [3.8, 4) is 5.69 Å². The number of hydrogen-bond acceptors (Lipinski definition) is 3. The number of rotatable bonds is 1. The van der Waals surface area contributed by atoms with Crippen LogP contribution >= 0.6 is 0 Å². The highest BCUT2D eigenvalue weighted by molar-refractivity contribution is 5.56. The minimum absolute atomic E-state index is 0.161. The molecule has 1 aromatic heterocycles. The molecular formula is C13H12F3N3O2. The number of nitrogens with zero attached hydrogens (tertiary/aromatic N) is 2. The van der Waals surface area contributed by atoms with Crippen molar-refractivity contribution >= 4 is 5.69 Å². The minimum Gasteiger partial charge on any atom is -0.398 e. The lowest BCUT2D eigenvalue weighted by molar-refractivity contribution is -0.144. The summed E-state index contributed by atoms with van der Waals surface area (Å²) in [6.45, 7) is 1.58. The van der Waals surface area contributed by atoms with E-state index in [1.54, 1.807) is 13.0 Å². The van der Waals surface area contributed by atoms with Crippen molar-refractivity contribution in [2.45, 2.75) is 13.1 Å². The molecule has 0 bridgehead atoms. The Morgan fingerprint density at radius 3 is 2.38 bits per heavy atom. The molecule has 2 rings (SSSR count). The summed E-state index contributed by atoms with van der Waals surface area (Å²) < 4.78 is 39.3. The molecule has 21 heavy (non-hydrogen) atoms. The van der Waals surface area contributed by atoms with Crippen LogP contribution in [0.25, 0.3) is 5.69 Å². The van der Waals surface area contributed by atoms with Crippen LogP contribution in [0, 0.1) is 6.92 Å². The van der Waals surface area contributed by atoms with E-state index in [0.29, 0.717) is 26.5 Å². The Balaban J connectivity index is 2.85. The van der Waals surface area contributed by atoms with Crippen LogP contribution in [0.4, 0.5) is 18.9 Å². The van der Waals surface area contributed by atoms with Crippen LogP contribution in [0.3, 0.4) is 0 Å². The van der Waals surface area contributed by atoms with Crippen LogP contribution in [-0.2, 0) is 13.2 Å². The van der Waals surface area contributed by atoms with Crippen molar-refractivity contribution in [2.75, 3.05) is 5.73 Å². The van der Waals surface area contributed by atoms with E-state index in [1.807, 2.05) is 0 Å². The molecule has 8 heteroatoms. The SMILES string of the molecule is Cc1c(N)cccc1-n1c(=O)cc(C(F)(F)F)n(C)c1=O. The molecule has 112 valence electrons. The average Bonchev–Trinajstić information content (AvgIpc) is 2.37. The highest BCUT2D eigenvalue weighted by Gasteiger charge is 2.35. The van der Waals surface area contributed by atoms with E-state index in [0.717, 1.165) is 7.05 Å². The highest BCUT2D eigenvalue weighted by Crippen LogP contribution is 2.27. The Bertz CT molecular complexity index is 819. The maximum Gasteiger partial charge on any atom is 0.431 e. The number of halogens is 3. The summed E-state index contributed by atoms with van der Waals surface area (Å²) in [5.74, 6) is 0. The molecule has 0 spiro atoms. The third-order valence-corrected chi connectivity index (χ3v) is 3.20. The summed E-state index contributed by atoms with van der Waals surface area (Å²) in [7, 11) is 0.961. The van der Waals surface area contributed by atoms with Crippen molar-refractivity contribution in [1.82, 2.24) is 9.13 Å². The quantitative estimate of drug-likeness (QED) is 0.810. The van der Waals surface area contributed by atoms with Gasteiger partial charge < -0.3 is 5.73 Å². The van der Waals surface area contributed by atoms with Crippen molar-refractivity contribution < 1.29 is 13.2 Å². The van der Waals surface area contributed by atoms with Gasteiger partial charge in [0.15, 0.2) is 0 Å². The Labute approximate surface area is 117 Å². The Hall–Kier alpha value is -2.51. The predicted molar refractivity (Wildman–Crippen MR) is 71.4 cm³/mol. The third kappa shape index (κ3) is 2.44. The van der Waals surface area contributed by atoms with Crippen molar-refractivity contribution in [3.05, 3.63) is 56.4 Å². The van der Waals surface area contributed by atoms with E-state index in [1.165, 1.54) is 12.1 Å². The molecule has 0 aliphatic rings. The van der Waals surface area contributed by atoms with Gasteiger partial charge in [0, 0.05) is 18.8 Å². The summed E-state index contributed by atoms with van der Waals surface area (Å²) in [4.78, 5) is 24.0. The summed E-state index contributed by atoms with van der Waals surface area (Å²) in [5.41, 5.74) is 3.20. The number of anilines is 1. The van der Waals surface area contributed by atoms with Crippen LogP contribution in [0.2, 0.25) is 0 Å². The van der Waals surface area contributed by atoms with E-state index in [2.05, 4.69) is 0 Å². The number of nitrogens with two attached hydrogens (primary N) is 1. The zero-order valence-electron chi connectivity index (χ0n) is 11.2. The Kier molecular flexibility index (Phi) is 3.40. The fraction of sp³-hybridized carbons (Fsp3) is 0.231. The average molecular weight is 299 g/mol. The molecule has 2 N–H and O–H groups in total. The number of nitrogen functional groups attached to an aromatic ring is 1. The first-order valence-electron chi connectivity index (χ1n) is 5.90. The van der Waals surface area contributed by atoms with Gasteiger partial charge in [-0.15, -0.1) is 0 Å². The zero-order chi connectivity index (χ0) is 15.9.